The van der Waals surface area contributed by atoms with E-state index in [9.17, 15) is 18.0 Å². The highest BCUT2D eigenvalue weighted by atomic mass is 35.5. The zero-order chi connectivity index (χ0) is 33.4. The number of amides is 2. The molecule has 0 spiro atoms. The first kappa shape index (κ1) is 34.7. The van der Waals surface area contributed by atoms with Crippen molar-refractivity contribution in [3.05, 3.63) is 71.2 Å². The van der Waals surface area contributed by atoms with E-state index in [0.717, 1.165) is 35.6 Å². The van der Waals surface area contributed by atoms with Crippen LogP contribution in [0.1, 0.15) is 38.2 Å². The molecule has 0 bridgehead atoms. The molecular formula is C33H40ClN3O8S. The SMILES string of the molecule is COc1ccc(CN(C(=O)CN(c2cc(Cl)ccc2OC)S(=O)(=O)c2ccc(OC)c(OC)c2)[C@H](C)C(=O)NC2CCCC2)cc1. The van der Waals surface area contributed by atoms with E-state index in [2.05, 4.69) is 5.32 Å². The number of sulfonamides is 1. The number of halogens is 1. The van der Waals surface area contributed by atoms with E-state index in [4.69, 9.17) is 30.5 Å². The highest BCUT2D eigenvalue weighted by Gasteiger charge is 2.35. The molecule has 13 heteroatoms. The second-order valence-corrected chi connectivity index (χ2v) is 13.2. The van der Waals surface area contributed by atoms with E-state index in [-0.39, 0.29) is 45.6 Å². The molecule has 1 saturated carbocycles. The lowest BCUT2D eigenvalue weighted by molar-refractivity contribution is -0.139. The summed E-state index contributed by atoms with van der Waals surface area (Å²) < 4.78 is 51.1. The van der Waals surface area contributed by atoms with Crippen LogP contribution in [0, 0.1) is 0 Å². The number of benzene rings is 3. The number of hydrogen-bond donors (Lipinski definition) is 1. The van der Waals surface area contributed by atoms with Gasteiger partial charge in [0.1, 0.15) is 24.1 Å². The Labute approximate surface area is 275 Å². The Morgan fingerprint density at radius 1 is 0.870 bits per heavy atom. The predicted octanol–water partition coefficient (Wildman–Crippen LogP) is 5.05. The smallest absolute Gasteiger partial charge is 0.265 e. The van der Waals surface area contributed by atoms with Gasteiger partial charge in [-0.3, -0.25) is 13.9 Å². The maximum Gasteiger partial charge on any atom is 0.265 e. The number of methoxy groups -OCH3 is 4. The van der Waals surface area contributed by atoms with Gasteiger partial charge >= 0.3 is 0 Å². The Morgan fingerprint density at radius 2 is 1.50 bits per heavy atom. The summed E-state index contributed by atoms with van der Waals surface area (Å²) in [6.45, 7) is 1.02. The highest BCUT2D eigenvalue weighted by molar-refractivity contribution is 7.92. The minimum atomic E-state index is -4.44. The number of carbonyl (C=O) groups excluding carboxylic acids is 2. The molecule has 0 aromatic heterocycles. The lowest BCUT2D eigenvalue weighted by Gasteiger charge is -2.33. The van der Waals surface area contributed by atoms with Crippen molar-refractivity contribution in [3.63, 3.8) is 0 Å². The summed E-state index contributed by atoms with van der Waals surface area (Å²) in [5.74, 6) is 0.395. The van der Waals surface area contributed by atoms with Gasteiger partial charge in [-0.2, -0.15) is 0 Å². The molecule has 4 rings (SSSR count). The topological polar surface area (TPSA) is 124 Å². The summed E-state index contributed by atoms with van der Waals surface area (Å²) in [6, 6.07) is 14.8. The molecule has 0 heterocycles. The summed E-state index contributed by atoms with van der Waals surface area (Å²) >= 11 is 6.33. The monoisotopic (exact) mass is 673 g/mol. The van der Waals surface area contributed by atoms with Gasteiger partial charge in [0.2, 0.25) is 11.8 Å². The van der Waals surface area contributed by atoms with Crippen LogP contribution in [0.15, 0.2) is 65.6 Å². The fourth-order valence-corrected chi connectivity index (χ4v) is 6.98. The number of rotatable bonds is 14. The Hall–Kier alpha value is -4.16. The summed E-state index contributed by atoms with van der Waals surface area (Å²) in [6.07, 6.45) is 3.80. The van der Waals surface area contributed by atoms with Gasteiger partial charge in [0, 0.05) is 23.7 Å². The molecule has 11 nitrogen and oxygen atoms in total. The number of nitrogens with zero attached hydrogens (tertiary/aromatic N) is 2. The lowest BCUT2D eigenvalue weighted by Crippen LogP contribution is -2.52. The van der Waals surface area contributed by atoms with E-state index >= 15 is 0 Å². The standard InChI is InChI=1S/C33H40ClN3O8S/c1-22(33(39)35-25-8-6-7-9-25)36(20-23-10-13-26(42-2)14-11-23)32(38)21-37(28-18-24(34)12-16-29(28)43-3)46(40,41)27-15-17-30(44-4)31(19-27)45-5/h10-19,22,25H,6-9,20-21H2,1-5H3,(H,35,39)/t22-/m1/s1. The summed E-state index contributed by atoms with van der Waals surface area (Å²) in [5, 5.41) is 3.29. The summed E-state index contributed by atoms with van der Waals surface area (Å²) in [4.78, 5) is 29.0. The maximum atomic E-state index is 14.4. The van der Waals surface area contributed by atoms with Crippen molar-refractivity contribution in [3.8, 4) is 23.0 Å². The third-order valence-electron chi connectivity index (χ3n) is 8.01. The van der Waals surface area contributed by atoms with Crippen LogP contribution < -0.4 is 28.6 Å². The molecule has 1 aliphatic rings. The molecule has 0 saturated heterocycles. The second kappa shape index (κ2) is 15.4. The molecule has 3 aromatic carbocycles. The molecule has 248 valence electrons. The van der Waals surface area contributed by atoms with Crippen molar-refractivity contribution in [2.45, 2.75) is 56.1 Å². The number of nitrogens with one attached hydrogen (secondary N) is 1. The van der Waals surface area contributed by atoms with Crippen LogP contribution >= 0.6 is 11.6 Å². The van der Waals surface area contributed by atoms with Crippen LogP contribution in [-0.2, 0) is 26.2 Å². The van der Waals surface area contributed by atoms with Crippen LogP contribution in [0.3, 0.4) is 0 Å². The number of anilines is 1. The van der Waals surface area contributed by atoms with Crippen LogP contribution in [0.4, 0.5) is 5.69 Å². The predicted molar refractivity (Wildman–Crippen MR) is 175 cm³/mol. The number of carbonyl (C=O) groups is 2. The van der Waals surface area contributed by atoms with E-state index in [1.54, 1.807) is 44.4 Å². The summed E-state index contributed by atoms with van der Waals surface area (Å²) in [7, 11) is 1.34. The van der Waals surface area contributed by atoms with E-state index in [1.165, 1.54) is 56.6 Å². The van der Waals surface area contributed by atoms with Crippen molar-refractivity contribution >= 4 is 39.1 Å². The average molecular weight is 674 g/mol. The van der Waals surface area contributed by atoms with Gasteiger partial charge in [-0.1, -0.05) is 36.6 Å². The molecule has 1 atom stereocenters. The Bertz CT molecular complexity index is 1630. The fourth-order valence-electron chi connectivity index (χ4n) is 5.38. The Kier molecular flexibility index (Phi) is 11.6. The van der Waals surface area contributed by atoms with Gasteiger partial charge in [-0.15, -0.1) is 0 Å². The molecule has 3 aromatic rings. The van der Waals surface area contributed by atoms with E-state index < -0.39 is 28.5 Å². The van der Waals surface area contributed by atoms with Crippen molar-refractivity contribution in [1.82, 2.24) is 10.2 Å². The van der Waals surface area contributed by atoms with Gasteiger partial charge in [0.15, 0.2) is 11.5 Å². The van der Waals surface area contributed by atoms with Gasteiger partial charge in [-0.25, -0.2) is 8.42 Å². The van der Waals surface area contributed by atoms with Gasteiger partial charge < -0.3 is 29.2 Å². The largest absolute Gasteiger partial charge is 0.497 e. The van der Waals surface area contributed by atoms with E-state index in [0.29, 0.717) is 11.5 Å². The van der Waals surface area contributed by atoms with Gasteiger partial charge in [-0.05, 0) is 67.8 Å². The first-order valence-electron chi connectivity index (χ1n) is 14.8. The van der Waals surface area contributed by atoms with Crippen molar-refractivity contribution < 1.29 is 37.0 Å². The third kappa shape index (κ3) is 7.97. The van der Waals surface area contributed by atoms with Crippen molar-refractivity contribution in [1.29, 1.82) is 0 Å². The van der Waals surface area contributed by atoms with Gasteiger partial charge in [0.25, 0.3) is 10.0 Å². The van der Waals surface area contributed by atoms with Crippen LogP contribution in [0.5, 0.6) is 23.0 Å². The van der Waals surface area contributed by atoms with Gasteiger partial charge in [0.05, 0.1) is 39.0 Å². The quantitative estimate of drug-likeness (QED) is 0.252. The minimum absolute atomic E-state index is 0.0329. The molecule has 1 N–H and O–H groups in total. The van der Waals surface area contributed by atoms with Crippen LogP contribution in [0.25, 0.3) is 0 Å². The fraction of sp³-hybridized carbons (Fsp3) is 0.394. The Balaban J connectivity index is 1.77. The van der Waals surface area contributed by atoms with Crippen LogP contribution in [-0.4, -0.2) is 72.2 Å². The second-order valence-electron chi connectivity index (χ2n) is 10.9. The van der Waals surface area contributed by atoms with E-state index in [1.807, 2.05) is 0 Å². The molecule has 0 unspecified atom stereocenters. The van der Waals surface area contributed by atoms with Crippen molar-refractivity contribution in [2.24, 2.45) is 0 Å². The molecule has 2 amide bonds. The first-order valence-corrected chi connectivity index (χ1v) is 16.6. The Morgan fingerprint density at radius 3 is 2.11 bits per heavy atom. The number of ether oxygens (including phenoxy) is 4. The van der Waals surface area contributed by atoms with Crippen molar-refractivity contribution in [2.75, 3.05) is 39.3 Å². The molecule has 0 radical (unpaired) electrons. The maximum absolute atomic E-state index is 14.4. The lowest BCUT2D eigenvalue weighted by atomic mass is 10.1. The molecule has 1 fully saturated rings. The first-order chi connectivity index (χ1) is 22.0. The zero-order valence-corrected chi connectivity index (χ0v) is 28.2. The summed E-state index contributed by atoms with van der Waals surface area (Å²) in [5.41, 5.74) is 0.773. The number of hydrogen-bond acceptors (Lipinski definition) is 8. The van der Waals surface area contributed by atoms with Crippen LogP contribution in [0.2, 0.25) is 5.02 Å². The average Bonchev–Trinajstić information content (AvgIpc) is 3.58. The normalized spacial score (nSPS) is 13.9. The molecule has 0 aliphatic heterocycles. The zero-order valence-electron chi connectivity index (χ0n) is 26.6. The minimum Gasteiger partial charge on any atom is -0.497 e. The molecule has 46 heavy (non-hydrogen) atoms. The molecular weight excluding hydrogens is 634 g/mol. The highest BCUT2D eigenvalue weighted by Crippen LogP contribution is 2.37. The molecule has 1 aliphatic carbocycles. The third-order valence-corrected chi connectivity index (χ3v) is 10.0.